The van der Waals surface area contributed by atoms with Crippen LogP contribution >= 0.6 is 0 Å². The van der Waals surface area contributed by atoms with Crippen LogP contribution in [0.1, 0.15) is 21.6 Å². The fourth-order valence-electron chi connectivity index (χ4n) is 1.58. The number of rotatable bonds is 3. The second-order valence-corrected chi connectivity index (χ2v) is 4.09. The predicted molar refractivity (Wildman–Crippen MR) is 65.5 cm³/mol. The van der Waals surface area contributed by atoms with E-state index in [9.17, 15) is 18.0 Å². The SMILES string of the molecule is Cc1ccc(C(=O)c2ccc(OC(F)(F)F)cc2)cn1. The standard InChI is InChI=1S/C14H10F3NO2/c1-9-2-3-11(8-18-9)13(19)10-4-6-12(7-5-10)20-14(15,16)17/h2-8H,1H3. The molecule has 2 aromatic rings. The molecule has 1 aromatic carbocycles. The average molecular weight is 281 g/mol. The van der Waals surface area contributed by atoms with Crippen molar-refractivity contribution in [2.45, 2.75) is 13.3 Å². The summed E-state index contributed by atoms with van der Waals surface area (Å²) in [6, 6.07) is 8.07. The molecule has 0 bridgehead atoms. The highest BCUT2D eigenvalue weighted by atomic mass is 19.4. The zero-order valence-corrected chi connectivity index (χ0v) is 10.4. The molecule has 0 N–H and O–H groups in total. The average Bonchev–Trinajstić information content (AvgIpc) is 2.38. The maximum absolute atomic E-state index is 12.1. The monoisotopic (exact) mass is 281 g/mol. The Bertz CT molecular complexity index is 604. The number of aryl methyl sites for hydroxylation is 1. The highest BCUT2D eigenvalue weighted by molar-refractivity contribution is 6.08. The van der Waals surface area contributed by atoms with E-state index in [4.69, 9.17) is 0 Å². The van der Waals surface area contributed by atoms with Crippen LogP contribution in [0.4, 0.5) is 13.2 Å². The number of ether oxygens (including phenoxy) is 1. The highest BCUT2D eigenvalue weighted by Crippen LogP contribution is 2.23. The van der Waals surface area contributed by atoms with Gasteiger partial charge < -0.3 is 4.74 Å². The van der Waals surface area contributed by atoms with E-state index in [0.717, 1.165) is 17.8 Å². The predicted octanol–water partition coefficient (Wildman–Crippen LogP) is 3.52. The van der Waals surface area contributed by atoms with Gasteiger partial charge in [0.15, 0.2) is 5.78 Å². The normalized spacial score (nSPS) is 11.2. The van der Waals surface area contributed by atoms with Crippen molar-refractivity contribution in [2.24, 2.45) is 0 Å². The molecule has 2 rings (SSSR count). The lowest BCUT2D eigenvalue weighted by Gasteiger charge is -2.09. The first-order valence-corrected chi connectivity index (χ1v) is 5.68. The zero-order valence-electron chi connectivity index (χ0n) is 10.4. The summed E-state index contributed by atoms with van der Waals surface area (Å²) in [5.41, 5.74) is 1.42. The van der Waals surface area contributed by atoms with E-state index in [-0.39, 0.29) is 17.1 Å². The molecule has 0 aliphatic heterocycles. The second-order valence-electron chi connectivity index (χ2n) is 4.09. The Morgan fingerprint density at radius 3 is 2.15 bits per heavy atom. The van der Waals surface area contributed by atoms with Gasteiger partial charge in [0.25, 0.3) is 0 Å². The van der Waals surface area contributed by atoms with Gasteiger partial charge in [0, 0.05) is 23.0 Å². The van der Waals surface area contributed by atoms with Crippen molar-refractivity contribution >= 4 is 5.78 Å². The van der Waals surface area contributed by atoms with Crippen molar-refractivity contribution in [2.75, 3.05) is 0 Å². The highest BCUT2D eigenvalue weighted by Gasteiger charge is 2.31. The van der Waals surface area contributed by atoms with Crippen molar-refractivity contribution in [3.8, 4) is 5.75 Å². The minimum atomic E-state index is -4.74. The summed E-state index contributed by atoms with van der Waals surface area (Å²) in [5, 5.41) is 0. The Balaban J connectivity index is 2.17. The van der Waals surface area contributed by atoms with Gasteiger partial charge in [0.2, 0.25) is 0 Å². The molecule has 0 amide bonds. The molecule has 104 valence electrons. The Labute approximate surface area is 113 Å². The number of pyridine rings is 1. The molecule has 0 radical (unpaired) electrons. The van der Waals surface area contributed by atoms with Crippen molar-refractivity contribution in [3.05, 3.63) is 59.4 Å². The quantitative estimate of drug-likeness (QED) is 0.808. The van der Waals surface area contributed by atoms with E-state index in [2.05, 4.69) is 9.72 Å². The Hall–Kier alpha value is -2.37. The number of hydrogen-bond acceptors (Lipinski definition) is 3. The van der Waals surface area contributed by atoms with Gasteiger partial charge in [-0.25, -0.2) is 0 Å². The minimum Gasteiger partial charge on any atom is -0.406 e. The third kappa shape index (κ3) is 3.57. The third-order valence-electron chi connectivity index (χ3n) is 2.52. The molecule has 0 aliphatic rings. The summed E-state index contributed by atoms with van der Waals surface area (Å²) in [5.74, 6) is -0.674. The molecule has 0 fully saturated rings. The number of benzene rings is 1. The number of nitrogens with zero attached hydrogens (tertiary/aromatic N) is 1. The van der Waals surface area contributed by atoms with Crippen LogP contribution in [0.15, 0.2) is 42.6 Å². The largest absolute Gasteiger partial charge is 0.573 e. The molecule has 1 heterocycles. The summed E-state index contributed by atoms with van der Waals surface area (Å²) in [6.45, 7) is 1.79. The van der Waals surface area contributed by atoms with Crippen molar-refractivity contribution in [1.29, 1.82) is 0 Å². The van der Waals surface area contributed by atoms with Gasteiger partial charge >= 0.3 is 6.36 Å². The molecule has 6 heteroatoms. The van der Waals surface area contributed by atoms with Crippen LogP contribution in [-0.2, 0) is 0 Å². The van der Waals surface area contributed by atoms with Gasteiger partial charge in [-0.05, 0) is 43.3 Å². The van der Waals surface area contributed by atoms with Gasteiger partial charge in [-0.3, -0.25) is 9.78 Å². The van der Waals surface area contributed by atoms with Crippen LogP contribution in [0.3, 0.4) is 0 Å². The maximum Gasteiger partial charge on any atom is 0.573 e. The van der Waals surface area contributed by atoms with Crippen LogP contribution < -0.4 is 4.74 Å². The maximum atomic E-state index is 12.1. The van der Waals surface area contributed by atoms with Gasteiger partial charge in [-0.2, -0.15) is 0 Å². The molecule has 0 saturated carbocycles. The number of carbonyl (C=O) groups excluding carboxylic acids is 1. The van der Waals surface area contributed by atoms with E-state index in [1.54, 1.807) is 19.1 Å². The van der Waals surface area contributed by atoms with Crippen molar-refractivity contribution in [3.63, 3.8) is 0 Å². The molecule has 0 atom stereocenters. The lowest BCUT2D eigenvalue weighted by atomic mass is 10.0. The van der Waals surface area contributed by atoms with Crippen LogP contribution in [0.2, 0.25) is 0 Å². The molecular weight excluding hydrogens is 271 g/mol. The van der Waals surface area contributed by atoms with Gasteiger partial charge in [-0.15, -0.1) is 13.2 Å². The number of aromatic nitrogens is 1. The number of ketones is 1. The van der Waals surface area contributed by atoms with Crippen LogP contribution in [0.5, 0.6) is 5.75 Å². The van der Waals surface area contributed by atoms with Crippen LogP contribution in [-0.4, -0.2) is 17.1 Å². The molecule has 20 heavy (non-hydrogen) atoms. The molecule has 3 nitrogen and oxygen atoms in total. The molecule has 0 aliphatic carbocycles. The van der Waals surface area contributed by atoms with E-state index < -0.39 is 6.36 Å². The van der Waals surface area contributed by atoms with Gasteiger partial charge in [0.05, 0.1) is 0 Å². The molecule has 0 saturated heterocycles. The van der Waals surface area contributed by atoms with E-state index in [1.165, 1.54) is 18.3 Å². The van der Waals surface area contributed by atoms with Gasteiger partial charge in [-0.1, -0.05) is 0 Å². The minimum absolute atomic E-state index is 0.269. The van der Waals surface area contributed by atoms with Crippen LogP contribution in [0, 0.1) is 6.92 Å². The fourth-order valence-corrected chi connectivity index (χ4v) is 1.58. The molecule has 0 unspecified atom stereocenters. The number of alkyl halides is 3. The smallest absolute Gasteiger partial charge is 0.406 e. The first-order valence-electron chi connectivity index (χ1n) is 5.68. The van der Waals surface area contributed by atoms with E-state index >= 15 is 0 Å². The van der Waals surface area contributed by atoms with Gasteiger partial charge in [0.1, 0.15) is 5.75 Å². The first-order chi connectivity index (χ1) is 9.35. The molecule has 1 aromatic heterocycles. The van der Waals surface area contributed by atoms with Crippen molar-refractivity contribution < 1.29 is 22.7 Å². The summed E-state index contributed by atoms with van der Waals surface area (Å²) in [7, 11) is 0. The van der Waals surface area contributed by atoms with Crippen LogP contribution in [0.25, 0.3) is 0 Å². The van der Waals surface area contributed by atoms with Crippen molar-refractivity contribution in [1.82, 2.24) is 4.98 Å². The Morgan fingerprint density at radius 2 is 1.65 bits per heavy atom. The second kappa shape index (κ2) is 5.32. The fraction of sp³-hybridized carbons (Fsp3) is 0.143. The first kappa shape index (κ1) is 14.0. The molecular formula is C14H10F3NO2. The third-order valence-corrected chi connectivity index (χ3v) is 2.52. The number of hydrogen-bond donors (Lipinski definition) is 0. The topological polar surface area (TPSA) is 39.2 Å². The zero-order chi connectivity index (χ0) is 14.8. The lowest BCUT2D eigenvalue weighted by molar-refractivity contribution is -0.274. The van der Waals surface area contributed by atoms with E-state index in [1.807, 2.05) is 0 Å². The lowest BCUT2D eigenvalue weighted by Crippen LogP contribution is -2.17. The number of carbonyl (C=O) groups is 1. The Morgan fingerprint density at radius 1 is 1.05 bits per heavy atom. The summed E-state index contributed by atoms with van der Waals surface area (Å²) in [6.07, 6.45) is -3.32. The molecule has 0 spiro atoms. The summed E-state index contributed by atoms with van der Waals surface area (Å²) >= 11 is 0. The number of halogens is 3. The summed E-state index contributed by atoms with van der Waals surface area (Å²) < 4.78 is 39.8. The summed E-state index contributed by atoms with van der Waals surface area (Å²) in [4.78, 5) is 16.0. The van der Waals surface area contributed by atoms with E-state index in [0.29, 0.717) is 5.56 Å². The Kier molecular flexibility index (Phi) is 3.74.